The number of nitrogens with one attached hydrogen (secondary N) is 1. The molecule has 0 saturated heterocycles. The van der Waals surface area contributed by atoms with Crippen molar-refractivity contribution in [1.29, 1.82) is 0 Å². The number of pyridine rings is 1. The maximum absolute atomic E-state index is 11.0. The van der Waals surface area contributed by atoms with E-state index in [0.29, 0.717) is 4.47 Å². The molecule has 0 atom stereocenters. The molecule has 0 aliphatic rings. The van der Waals surface area contributed by atoms with E-state index < -0.39 is 27.1 Å². The zero-order chi connectivity index (χ0) is 14.0. The molecule has 0 fully saturated rings. The maximum atomic E-state index is 11.0. The van der Waals surface area contributed by atoms with Crippen molar-refractivity contribution in [2.24, 2.45) is 0 Å². The van der Waals surface area contributed by atoms with Crippen molar-refractivity contribution in [3.8, 4) is 0 Å². The Morgan fingerprint density at radius 1 is 1.22 bits per heavy atom. The van der Waals surface area contributed by atoms with Crippen LogP contribution in [-0.4, -0.2) is 36.5 Å². The molecule has 0 bridgehead atoms. The average Bonchev–Trinajstić information content (AvgIpc) is 2.17. The van der Waals surface area contributed by atoms with Gasteiger partial charge in [-0.1, -0.05) is 0 Å². The molecule has 0 radical (unpaired) electrons. The molecule has 0 unspecified atom stereocenters. The normalized spacial score (nSPS) is 12.8. The minimum Gasteiger partial charge on any atom is -0.368 e. The molecule has 0 aromatic carbocycles. The van der Waals surface area contributed by atoms with Gasteiger partial charge in [0.15, 0.2) is 5.40 Å². The molecule has 11 heteroatoms. The number of hydrogen-bond acceptors (Lipinski definition) is 4. The van der Waals surface area contributed by atoms with E-state index in [1.54, 1.807) is 6.07 Å². The van der Waals surface area contributed by atoms with Gasteiger partial charge in [0.2, 0.25) is 0 Å². The standard InChI is InChI=1S/C7H11BrN2O6P2/c8-5-1-2-6(9-3-5)10-4-7(17(11,12)13)18(14,15)16/h1-3,7H,4H2,(H,9,10)(H2,11,12,13)(H2,14,15,16). The van der Waals surface area contributed by atoms with E-state index in [4.69, 9.17) is 19.6 Å². The van der Waals surface area contributed by atoms with Gasteiger partial charge in [0.05, 0.1) is 0 Å². The predicted molar refractivity (Wildman–Crippen MR) is 68.3 cm³/mol. The summed E-state index contributed by atoms with van der Waals surface area (Å²) in [5, 5.41) is 0.381. The van der Waals surface area contributed by atoms with Crippen LogP contribution in [0.15, 0.2) is 22.8 Å². The third kappa shape index (κ3) is 4.78. The minimum absolute atomic E-state index is 0.255. The number of halogens is 1. The Balaban J connectivity index is 2.78. The number of rotatable bonds is 5. The molecule has 0 saturated carbocycles. The van der Waals surface area contributed by atoms with Crippen molar-refractivity contribution in [2.45, 2.75) is 5.40 Å². The van der Waals surface area contributed by atoms with Gasteiger partial charge in [-0.05, 0) is 28.1 Å². The fraction of sp³-hybridized carbons (Fsp3) is 0.286. The van der Waals surface area contributed by atoms with Gasteiger partial charge in [-0.3, -0.25) is 9.13 Å². The third-order valence-corrected chi connectivity index (χ3v) is 6.16. The Morgan fingerprint density at radius 3 is 2.17 bits per heavy atom. The van der Waals surface area contributed by atoms with Crippen LogP contribution in [0.4, 0.5) is 5.82 Å². The molecular weight excluding hydrogens is 350 g/mol. The monoisotopic (exact) mass is 360 g/mol. The Kier molecular flexibility index (Phi) is 5.08. The molecular formula is C7H11BrN2O6P2. The minimum atomic E-state index is -4.91. The summed E-state index contributed by atoms with van der Waals surface area (Å²) in [6.07, 6.45) is 1.44. The fourth-order valence-corrected chi connectivity index (χ4v) is 3.57. The number of hydrogen-bond donors (Lipinski definition) is 5. The maximum Gasteiger partial charge on any atom is 0.342 e. The van der Waals surface area contributed by atoms with Gasteiger partial charge in [0, 0.05) is 17.2 Å². The Labute approximate surface area is 111 Å². The predicted octanol–water partition coefficient (Wildman–Crippen LogP) is 0.937. The lowest BCUT2D eigenvalue weighted by molar-refractivity contribution is 0.340. The van der Waals surface area contributed by atoms with Crippen LogP contribution in [-0.2, 0) is 9.13 Å². The summed E-state index contributed by atoms with van der Waals surface area (Å²) in [7, 11) is -9.81. The first-order chi connectivity index (χ1) is 8.10. The quantitative estimate of drug-likeness (QED) is 0.488. The van der Waals surface area contributed by atoms with E-state index in [0.717, 1.165) is 0 Å². The molecule has 0 amide bonds. The molecule has 1 aromatic heterocycles. The average molecular weight is 361 g/mol. The Bertz CT molecular complexity index is 475. The van der Waals surface area contributed by atoms with Crippen molar-refractivity contribution in [2.75, 3.05) is 11.9 Å². The van der Waals surface area contributed by atoms with Crippen molar-refractivity contribution in [1.82, 2.24) is 4.98 Å². The van der Waals surface area contributed by atoms with E-state index in [9.17, 15) is 9.13 Å². The van der Waals surface area contributed by atoms with Crippen LogP contribution in [0.25, 0.3) is 0 Å². The van der Waals surface area contributed by atoms with Gasteiger partial charge in [-0.2, -0.15) is 0 Å². The van der Waals surface area contributed by atoms with Gasteiger partial charge in [0.1, 0.15) is 5.82 Å². The first-order valence-corrected chi connectivity index (χ1v) is 8.72. The van der Waals surface area contributed by atoms with Crippen molar-refractivity contribution >= 4 is 36.9 Å². The topological polar surface area (TPSA) is 140 Å². The largest absolute Gasteiger partial charge is 0.368 e. The molecule has 0 aliphatic carbocycles. The molecule has 5 N–H and O–H groups in total. The summed E-state index contributed by atoms with van der Waals surface area (Å²) in [6, 6.07) is 3.12. The molecule has 1 heterocycles. The number of aromatic nitrogens is 1. The van der Waals surface area contributed by atoms with E-state index >= 15 is 0 Å². The number of anilines is 1. The molecule has 0 spiro atoms. The van der Waals surface area contributed by atoms with Gasteiger partial charge < -0.3 is 24.9 Å². The van der Waals surface area contributed by atoms with Crippen molar-refractivity contribution in [3.63, 3.8) is 0 Å². The summed E-state index contributed by atoms with van der Waals surface area (Å²) in [4.78, 5) is 39.4. The molecule has 1 aromatic rings. The van der Waals surface area contributed by atoms with Crippen LogP contribution in [0.1, 0.15) is 0 Å². The van der Waals surface area contributed by atoms with E-state index in [1.807, 2.05) is 0 Å². The third-order valence-electron chi connectivity index (χ3n) is 1.97. The second kappa shape index (κ2) is 5.79. The van der Waals surface area contributed by atoms with Crippen LogP contribution in [0.2, 0.25) is 0 Å². The molecule has 8 nitrogen and oxygen atoms in total. The summed E-state index contributed by atoms with van der Waals surface area (Å²) < 4.78 is 22.7. The van der Waals surface area contributed by atoms with E-state index in [-0.39, 0.29) is 5.82 Å². The zero-order valence-electron chi connectivity index (χ0n) is 8.84. The highest BCUT2D eigenvalue weighted by atomic mass is 79.9. The SMILES string of the molecule is O=P(O)(O)C(CNc1ccc(Br)cn1)P(=O)(O)O. The second-order valence-electron chi connectivity index (χ2n) is 3.40. The lowest BCUT2D eigenvalue weighted by atomic mass is 10.4. The van der Waals surface area contributed by atoms with Gasteiger partial charge in [0.25, 0.3) is 0 Å². The van der Waals surface area contributed by atoms with Crippen LogP contribution < -0.4 is 5.32 Å². The van der Waals surface area contributed by atoms with Crippen LogP contribution in [0.5, 0.6) is 0 Å². The Morgan fingerprint density at radius 2 is 1.78 bits per heavy atom. The first kappa shape index (κ1) is 15.8. The molecule has 102 valence electrons. The van der Waals surface area contributed by atoms with E-state index in [2.05, 4.69) is 26.2 Å². The summed E-state index contributed by atoms with van der Waals surface area (Å²) in [5.74, 6) is 0.255. The van der Waals surface area contributed by atoms with Crippen LogP contribution in [0, 0.1) is 0 Å². The van der Waals surface area contributed by atoms with Crippen LogP contribution >= 0.6 is 31.1 Å². The van der Waals surface area contributed by atoms with Crippen molar-refractivity contribution < 1.29 is 28.7 Å². The van der Waals surface area contributed by atoms with E-state index in [1.165, 1.54) is 12.3 Å². The molecule has 18 heavy (non-hydrogen) atoms. The Hall–Kier alpha value is -0.270. The van der Waals surface area contributed by atoms with Crippen molar-refractivity contribution in [3.05, 3.63) is 22.8 Å². The van der Waals surface area contributed by atoms with Crippen LogP contribution in [0.3, 0.4) is 0 Å². The van der Waals surface area contributed by atoms with Gasteiger partial charge in [-0.15, -0.1) is 0 Å². The highest BCUT2D eigenvalue weighted by molar-refractivity contribution is 9.10. The summed E-state index contributed by atoms with van der Waals surface area (Å²) in [6.45, 7) is -0.580. The first-order valence-electron chi connectivity index (χ1n) is 4.56. The zero-order valence-corrected chi connectivity index (χ0v) is 12.2. The summed E-state index contributed by atoms with van der Waals surface area (Å²) >= 11 is 3.15. The highest BCUT2D eigenvalue weighted by Gasteiger charge is 2.43. The number of nitrogens with zero attached hydrogens (tertiary/aromatic N) is 1. The molecule has 0 aliphatic heterocycles. The molecule has 1 rings (SSSR count). The lowest BCUT2D eigenvalue weighted by Gasteiger charge is -2.20. The summed E-state index contributed by atoms with van der Waals surface area (Å²) in [5.41, 5.74) is 0. The fourth-order valence-electron chi connectivity index (χ4n) is 1.11. The highest BCUT2D eigenvalue weighted by Crippen LogP contribution is 2.59. The smallest absolute Gasteiger partial charge is 0.342 e. The lowest BCUT2D eigenvalue weighted by Crippen LogP contribution is -2.20. The van der Waals surface area contributed by atoms with Gasteiger partial charge >= 0.3 is 15.2 Å². The second-order valence-corrected chi connectivity index (χ2v) is 8.33. The van der Waals surface area contributed by atoms with Gasteiger partial charge in [-0.25, -0.2) is 4.98 Å².